The second kappa shape index (κ2) is 9.95. The lowest BCUT2D eigenvalue weighted by molar-refractivity contribution is -0.138. The van der Waals surface area contributed by atoms with Crippen molar-refractivity contribution in [2.45, 2.75) is 24.0 Å². The fraction of sp³-hybridized carbons (Fsp3) is 0.286. The number of amides is 1. The number of pyridine rings is 1. The van der Waals surface area contributed by atoms with E-state index >= 15 is 0 Å². The molecule has 1 aromatic carbocycles. The standard InChI is InChI=1S/C21H20F4N4OS/c1-29(20(30)13-31-19-9-6-15(12-26-19)21(23,24)25)10-2-3-17-11-18(28-27-17)14-4-7-16(22)8-5-14/h4-9,11-12H,2-3,10,13H2,1H3,(H,27,28). The zero-order valence-electron chi connectivity index (χ0n) is 16.6. The van der Waals surface area contributed by atoms with Gasteiger partial charge < -0.3 is 4.90 Å². The first-order valence-corrected chi connectivity index (χ1v) is 10.4. The molecule has 5 nitrogen and oxygen atoms in total. The highest BCUT2D eigenvalue weighted by molar-refractivity contribution is 7.99. The topological polar surface area (TPSA) is 61.9 Å². The largest absolute Gasteiger partial charge is 0.417 e. The number of carbonyl (C=O) groups is 1. The van der Waals surface area contributed by atoms with E-state index < -0.39 is 11.7 Å². The van der Waals surface area contributed by atoms with Gasteiger partial charge in [-0.2, -0.15) is 18.3 Å². The molecule has 0 spiro atoms. The summed E-state index contributed by atoms with van der Waals surface area (Å²) in [5, 5.41) is 7.53. The number of carbonyl (C=O) groups excluding carboxylic acids is 1. The van der Waals surface area contributed by atoms with Gasteiger partial charge in [0, 0.05) is 31.0 Å². The Morgan fingerprint density at radius 2 is 1.90 bits per heavy atom. The van der Waals surface area contributed by atoms with Crippen molar-refractivity contribution in [3.05, 3.63) is 65.7 Å². The minimum atomic E-state index is -4.43. The van der Waals surface area contributed by atoms with E-state index in [2.05, 4.69) is 15.2 Å². The zero-order valence-corrected chi connectivity index (χ0v) is 17.4. The van der Waals surface area contributed by atoms with Gasteiger partial charge in [-0.15, -0.1) is 0 Å². The summed E-state index contributed by atoms with van der Waals surface area (Å²) < 4.78 is 50.7. The van der Waals surface area contributed by atoms with Crippen LogP contribution < -0.4 is 0 Å². The average Bonchev–Trinajstić information content (AvgIpc) is 3.21. The summed E-state index contributed by atoms with van der Waals surface area (Å²) in [4.78, 5) is 17.6. The molecule has 3 rings (SSSR count). The van der Waals surface area contributed by atoms with Crippen LogP contribution in [0.2, 0.25) is 0 Å². The maximum atomic E-state index is 13.0. The Morgan fingerprint density at radius 1 is 1.16 bits per heavy atom. The van der Waals surface area contributed by atoms with E-state index in [4.69, 9.17) is 0 Å². The quantitative estimate of drug-likeness (QED) is 0.394. The molecule has 2 aromatic heterocycles. The van der Waals surface area contributed by atoms with Crippen LogP contribution in [0.15, 0.2) is 53.7 Å². The predicted octanol–water partition coefficient (Wildman–Crippen LogP) is 4.81. The van der Waals surface area contributed by atoms with E-state index in [9.17, 15) is 22.4 Å². The molecule has 0 saturated carbocycles. The van der Waals surface area contributed by atoms with Crippen LogP contribution >= 0.6 is 11.8 Å². The molecule has 0 atom stereocenters. The minimum absolute atomic E-state index is 0.0909. The minimum Gasteiger partial charge on any atom is -0.345 e. The van der Waals surface area contributed by atoms with Gasteiger partial charge in [0.05, 0.1) is 22.0 Å². The molecule has 0 saturated heterocycles. The predicted molar refractivity (Wildman–Crippen MR) is 110 cm³/mol. The smallest absolute Gasteiger partial charge is 0.345 e. The van der Waals surface area contributed by atoms with Crippen molar-refractivity contribution in [3.63, 3.8) is 0 Å². The first-order valence-electron chi connectivity index (χ1n) is 9.42. The van der Waals surface area contributed by atoms with Crippen LogP contribution in [0.1, 0.15) is 17.7 Å². The summed E-state index contributed by atoms with van der Waals surface area (Å²) in [6.07, 6.45) is -2.28. The van der Waals surface area contributed by atoms with Gasteiger partial charge in [-0.1, -0.05) is 11.8 Å². The Balaban J connectivity index is 1.42. The van der Waals surface area contributed by atoms with Crippen molar-refractivity contribution in [2.24, 2.45) is 0 Å². The first-order chi connectivity index (χ1) is 14.7. The average molecular weight is 452 g/mol. The number of H-pyrrole nitrogens is 1. The highest BCUT2D eigenvalue weighted by atomic mass is 32.2. The number of benzene rings is 1. The first kappa shape index (κ1) is 22.8. The molecule has 1 amide bonds. The number of nitrogens with one attached hydrogen (secondary N) is 1. The molecule has 0 aliphatic heterocycles. The van der Waals surface area contributed by atoms with Crippen molar-refractivity contribution in [1.82, 2.24) is 20.1 Å². The van der Waals surface area contributed by atoms with Crippen LogP contribution in [0.5, 0.6) is 0 Å². The van der Waals surface area contributed by atoms with Gasteiger partial charge in [-0.3, -0.25) is 9.89 Å². The molecule has 3 aromatic rings. The molecule has 0 aliphatic rings. The Labute approximate surface area is 180 Å². The summed E-state index contributed by atoms with van der Waals surface area (Å²) in [5.74, 6) is -0.351. The van der Waals surface area contributed by atoms with Crippen LogP contribution in [-0.2, 0) is 17.4 Å². The normalized spacial score (nSPS) is 11.5. The van der Waals surface area contributed by atoms with Gasteiger partial charge in [-0.05, 0) is 55.3 Å². The molecule has 0 bridgehead atoms. The van der Waals surface area contributed by atoms with Gasteiger partial charge in [0.25, 0.3) is 0 Å². The third-order valence-electron chi connectivity index (χ3n) is 4.54. The summed E-state index contributed by atoms with van der Waals surface area (Å²) in [6, 6.07) is 10.2. The number of nitrogens with zero attached hydrogens (tertiary/aromatic N) is 3. The molecule has 10 heteroatoms. The number of alkyl halides is 3. The molecule has 164 valence electrons. The number of aromatic amines is 1. The zero-order chi connectivity index (χ0) is 22.4. The van der Waals surface area contributed by atoms with Crippen molar-refractivity contribution < 1.29 is 22.4 Å². The van der Waals surface area contributed by atoms with E-state index in [1.165, 1.54) is 18.2 Å². The maximum absolute atomic E-state index is 13.0. The highest BCUT2D eigenvalue weighted by Gasteiger charge is 2.30. The lowest BCUT2D eigenvalue weighted by atomic mass is 10.1. The van der Waals surface area contributed by atoms with Crippen LogP contribution in [0.3, 0.4) is 0 Å². The molecule has 2 heterocycles. The number of hydrogen-bond acceptors (Lipinski definition) is 4. The van der Waals surface area contributed by atoms with E-state index in [-0.39, 0.29) is 17.5 Å². The fourth-order valence-electron chi connectivity index (χ4n) is 2.77. The summed E-state index contributed by atoms with van der Waals surface area (Å²) in [5.41, 5.74) is 1.62. The number of halogens is 4. The third-order valence-corrected chi connectivity index (χ3v) is 5.47. The van der Waals surface area contributed by atoms with Gasteiger partial charge in [0.2, 0.25) is 5.91 Å². The van der Waals surface area contributed by atoms with Crippen LogP contribution in [0.4, 0.5) is 17.6 Å². The molecule has 0 unspecified atom stereocenters. The molecule has 0 aliphatic carbocycles. The molecule has 0 fully saturated rings. The van der Waals surface area contributed by atoms with Crippen molar-refractivity contribution in [3.8, 4) is 11.3 Å². The molecular weight excluding hydrogens is 432 g/mol. The summed E-state index contributed by atoms with van der Waals surface area (Å²) in [6.45, 7) is 0.519. The van der Waals surface area contributed by atoms with Gasteiger partial charge in [-0.25, -0.2) is 9.37 Å². The lowest BCUT2D eigenvalue weighted by Crippen LogP contribution is -2.29. The van der Waals surface area contributed by atoms with E-state index in [0.29, 0.717) is 24.4 Å². The fourth-order valence-corrected chi connectivity index (χ4v) is 3.55. The number of rotatable bonds is 8. The molecule has 31 heavy (non-hydrogen) atoms. The molecular formula is C21H20F4N4OS. The number of hydrogen-bond donors (Lipinski definition) is 1. The second-order valence-corrected chi connectivity index (χ2v) is 7.87. The van der Waals surface area contributed by atoms with E-state index in [1.54, 1.807) is 24.1 Å². The Bertz CT molecular complexity index is 1000. The van der Waals surface area contributed by atoms with Crippen LogP contribution in [0, 0.1) is 5.82 Å². The van der Waals surface area contributed by atoms with Crippen molar-refractivity contribution in [2.75, 3.05) is 19.3 Å². The third kappa shape index (κ3) is 6.55. The molecule has 0 radical (unpaired) electrons. The van der Waals surface area contributed by atoms with Gasteiger partial charge >= 0.3 is 6.18 Å². The monoisotopic (exact) mass is 452 g/mol. The number of aromatic nitrogens is 3. The Morgan fingerprint density at radius 3 is 2.55 bits per heavy atom. The lowest BCUT2D eigenvalue weighted by Gasteiger charge is -2.16. The van der Waals surface area contributed by atoms with Crippen LogP contribution in [-0.4, -0.2) is 45.3 Å². The van der Waals surface area contributed by atoms with E-state index in [1.807, 2.05) is 6.07 Å². The number of thioether (sulfide) groups is 1. The van der Waals surface area contributed by atoms with Crippen molar-refractivity contribution >= 4 is 17.7 Å². The Kier molecular flexibility index (Phi) is 7.32. The summed E-state index contributed by atoms with van der Waals surface area (Å²) in [7, 11) is 1.68. The highest BCUT2D eigenvalue weighted by Crippen LogP contribution is 2.29. The van der Waals surface area contributed by atoms with Gasteiger partial charge in [0.1, 0.15) is 5.82 Å². The van der Waals surface area contributed by atoms with Gasteiger partial charge in [0.15, 0.2) is 0 Å². The number of aryl methyl sites for hydroxylation is 1. The van der Waals surface area contributed by atoms with E-state index in [0.717, 1.165) is 41.0 Å². The SMILES string of the molecule is CN(CCCc1cc(-c2ccc(F)cc2)n[nH]1)C(=O)CSc1ccc(C(F)(F)F)cn1. The Hall–Kier alpha value is -2.88. The summed E-state index contributed by atoms with van der Waals surface area (Å²) >= 11 is 1.10. The van der Waals surface area contributed by atoms with Crippen molar-refractivity contribution in [1.29, 1.82) is 0 Å². The molecule has 1 N–H and O–H groups in total. The maximum Gasteiger partial charge on any atom is 0.417 e. The second-order valence-electron chi connectivity index (χ2n) is 6.88. The van der Waals surface area contributed by atoms with Crippen LogP contribution in [0.25, 0.3) is 11.3 Å².